The molecule has 0 saturated carbocycles. The van der Waals surface area contributed by atoms with Gasteiger partial charge in [-0.25, -0.2) is 4.79 Å². The molecule has 0 bridgehead atoms. The zero-order valence-electron chi connectivity index (χ0n) is 11.0. The van der Waals surface area contributed by atoms with Crippen molar-refractivity contribution in [2.24, 2.45) is 0 Å². The quantitative estimate of drug-likeness (QED) is 0.597. The molecule has 0 amide bonds. The molecule has 0 spiro atoms. The average Bonchev–Trinajstić information content (AvgIpc) is 2.45. The van der Waals surface area contributed by atoms with Crippen LogP contribution in [0.4, 0.5) is 0 Å². The summed E-state index contributed by atoms with van der Waals surface area (Å²) in [6.45, 7) is 3.50. The molecule has 0 aliphatic rings. The molecule has 1 aromatic rings. The lowest BCUT2D eigenvalue weighted by Gasteiger charge is -2.16. The first kappa shape index (κ1) is 15.3. The zero-order valence-corrected chi connectivity index (χ0v) is 11.0. The van der Waals surface area contributed by atoms with Crippen molar-refractivity contribution in [2.45, 2.75) is 32.5 Å². The van der Waals surface area contributed by atoms with E-state index in [2.05, 4.69) is 4.74 Å². The maximum atomic E-state index is 11.4. The van der Waals surface area contributed by atoms with Gasteiger partial charge < -0.3 is 14.9 Å². The minimum atomic E-state index is -1.63. The number of carbonyl (C=O) groups excluding carboxylic acids is 2. The normalized spacial score (nSPS) is 13.7. The van der Waals surface area contributed by atoms with E-state index in [1.807, 2.05) is 0 Å². The van der Waals surface area contributed by atoms with Crippen molar-refractivity contribution in [1.29, 1.82) is 0 Å². The van der Waals surface area contributed by atoms with Gasteiger partial charge in [-0.15, -0.1) is 0 Å². The molecule has 0 aliphatic carbocycles. The molecule has 2 unspecified atom stereocenters. The van der Waals surface area contributed by atoms with Crippen LogP contribution >= 0.6 is 0 Å². The smallest absolute Gasteiger partial charge is 0.338 e. The summed E-state index contributed by atoms with van der Waals surface area (Å²) >= 11 is 0. The third kappa shape index (κ3) is 3.87. The van der Waals surface area contributed by atoms with Crippen LogP contribution in [0.25, 0.3) is 0 Å². The Kier molecular flexibility index (Phi) is 5.66. The molecular weight excluding hydrogens is 248 g/mol. The largest absolute Gasteiger partial charge is 0.464 e. The molecule has 5 nitrogen and oxygen atoms in total. The second kappa shape index (κ2) is 7.01. The molecule has 2 N–H and O–H groups in total. The minimum absolute atomic E-state index is 0.00743. The highest BCUT2D eigenvalue weighted by molar-refractivity contribution is 5.95. The van der Waals surface area contributed by atoms with Crippen LogP contribution in [0, 0.1) is 0 Å². The number of hydrogen-bond donors (Lipinski definition) is 2. The number of aliphatic hydroxyl groups excluding tert-OH is 2. The van der Waals surface area contributed by atoms with Gasteiger partial charge >= 0.3 is 5.97 Å². The maximum Gasteiger partial charge on any atom is 0.338 e. The molecule has 1 rings (SSSR count). The predicted octanol–water partition coefficient (Wildman–Crippen LogP) is 1.24. The molecular formula is C14H18O5. The highest BCUT2D eigenvalue weighted by Crippen LogP contribution is 2.19. The Bertz CT molecular complexity index is 438. The summed E-state index contributed by atoms with van der Waals surface area (Å²) in [4.78, 5) is 22.7. The first-order chi connectivity index (χ1) is 9.01. The lowest BCUT2D eigenvalue weighted by Crippen LogP contribution is -2.29. The van der Waals surface area contributed by atoms with Crippen molar-refractivity contribution < 1.29 is 24.5 Å². The van der Waals surface area contributed by atoms with Gasteiger partial charge in [0.2, 0.25) is 0 Å². The summed E-state index contributed by atoms with van der Waals surface area (Å²) in [7, 11) is 0. The first-order valence-corrected chi connectivity index (χ1v) is 6.17. The summed E-state index contributed by atoms with van der Waals surface area (Å²) in [6, 6.07) is 6.14. The van der Waals surface area contributed by atoms with Crippen molar-refractivity contribution in [1.82, 2.24) is 0 Å². The van der Waals surface area contributed by atoms with E-state index in [0.717, 1.165) is 0 Å². The van der Waals surface area contributed by atoms with Crippen LogP contribution in [0.1, 0.15) is 42.3 Å². The molecule has 0 radical (unpaired) electrons. The van der Waals surface area contributed by atoms with Crippen LogP contribution < -0.4 is 0 Å². The zero-order chi connectivity index (χ0) is 14.4. The molecule has 2 atom stereocenters. The lowest BCUT2D eigenvalue weighted by molar-refractivity contribution is -0.159. The number of benzene rings is 1. The van der Waals surface area contributed by atoms with E-state index in [1.54, 1.807) is 26.0 Å². The monoisotopic (exact) mass is 266 g/mol. The van der Waals surface area contributed by atoms with Crippen molar-refractivity contribution in [2.75, 3.05) is 6.61 Å². The van der Waals surface area contributed by atoms with Crippen LogP contribution in [-0.2, 0) is 9.53 Å². The number of ketones is 1. The Morgan fingerprint density at radius 1 is 1.16 bits per heavy atom. The standard InChI is InChI=1S/C14H18O5/c1-3-11(15)9-5-7-10(8-6-9)12(16)13(17)14(18)19-4-2/h5-8,12-13,16-17H,3-4H2,1-2H3. The molecule has 5 heteroatoms. The third-order valence-corrected chi connectivity index (χ3v) is 2.72. The van der Waals surface area contributed by atoms with Crippen molar-refractivity contribution in [3.63, 3.8) is 0 Å². The average molecular weight is 266 g/mol. The number of rotatable bonds is 6. The molecule has 104 valence electrons. The Balaban J connectivity index is 2.80. The van der Waals surface area contributed by atoms with Crippen molar-refractivity contribution in [3.05, 3.63) is 35.4 Å². The molecule has 0 aromatic heterocycles. The fraction of sp³-hybridized carbons (Fsp3) is 0.429. The van der Waals surface area contributed by atoms with Crippen LogP contribution in [-0.4, -0.2) is 34.7 Å². The van der Waals surface area contributed by atoms with Crippen LogP contribution in [0.5, 0.6) is 0 Å². The Labute approximate surface area is 111 Å². The van der Waals surface area contributed by atoms with Gasteiger partial charge in [0, 0.05) is 12.0 Å². The van der Waals surface area contributed by atoms with Crippen LogP contribution in [0.3, 0.4) is 0 Å². The number of Topliss-reactive ketones (excluding diaryl/α,β-unsaturated/α-hetero) is 1. The van der Waals surface area contributed by atoms with Crippen LogP contribution in [0.2, 0.25) is 0 Å². The van der Waals surface area contributed by atoms with Crippen LogP contribution in [0.15, 0.2) is 24.3 Å². The molecule has 0 saturated heterocycles. The predicted molar refractivity (Wildman–Crippen MR) is 68.7 cm³/mol. The summed E-state index contributed by atoms with van der Waals surface area (Å²) in [6.07, 6.45) is -2.61. The number of esters is 1. The maximum absolute atomic E-state index is 11.4. The summed E-state index contributed by atoms with van der Waals surface area (Å²) in [5, 5.41) is 19.4. The van der Waals surface area contributed by atoms with Gasteiger partial charge in [-0.1, -0.05) is 31.2 Å². The van der Waals surface area contributed by atoms with Gasteiger partial charge in [0.05, 0.1) is 6.61 Å². The van der Waals surface area contributed by atoms with E-state index in [4.69, 9.17) is 0 Å². The number of carbonyl (C=O) groups is 2. The molecule has 1 aromatic carbocycles. The lowest BCUT2D eigenvalue weighted by atomic mass is 10.0. The summed E-state index contributed by atoms with van der Waals surface area (Å²) in [5.41, 5.74) is 0.886. The second-order valence-corrected chi connectivity index (χ2v) is 4.04. The topological polar surface area (TPSA) is 83.8 Å². The molecule has 0 fully saturated rings. The van der Waals surface area contributed by atoms with E-state index in [-0.39, 0.29) is 12.4 Å². The fourth-order valence-electron chi connectivity index (χ4n) is 1.61. The minimum Gasteiger partial charge on any atom is -0.464 e. The Morgan fingerprint density at radius 2 is 1.74 bits per heavy atom. The highest BCUT2D eigenvalue weighted by Gasteiger charge is 2.26. The third-order valence-electron chi connectivity index (χ3n) is 2.72. The number of hydrogen-bond acceptors (Lipinski definition) is 5. The second-order valence-electron chi connectivity index (χ2n) is 4.04. The van der Waals surface area contributed by atoms with E-state index in [0.29, 0.717) is 17.5 Å². The van der Waals surface area contributed by atoms with Gasteiger partial charge in [0.15, 0.2) is 11.9 Å². The first-order valence-electron chi connectivity index (χ1n) is 6.17. The van der Waals surface area contributed by atoms with Gasteiger partial charge in [-0.3, -0.25) is 4.79 Å². The van der Waals surface area contributed by atoms with E-state index in [9.17, 15) is 19.8 Å². The molecule has 0 aliphatic heterocycles. The Hall–Kier alpha value is -1.72. The van der Waals surface area contributed by atoms with Gasteiger partial charge in [0.25, 0.3) is 0 Å². The number of ether oxygens (including phenoxy) is 1. The SMILES string of the molecule is CCOC(=O)C(O)C(O)c1ccc(C(=O)CC)cc1. The molecule has 0 heterocycles. The summed E-state index contributed by atoms with van der Waals surface area (Å²) in [5.74, 6) is -0.879. The van der Waals surface area contributed by atoms with Crippen molar-refractivity contribution >= 4 is 11.8 Å². The Morgan fingerprint density at radius 3 is 2.21 bits per heavy atom. The summed E-state index contributed by atoms with van der Waals surface area (Å²) < 4.78 is 4.62. The highest BCUT2D eigenvalue weighted by atomic mass is 16.5. The van der Waals surface area contributed by atoms with E-state index >= 15 is 0 Å². The van der Waals surface area contributed by atoms with E-state index in [1.165, 1.54) is 12.1 Å². The fourth-order valence-corrected chi connectivity index (χ4v) is 1.61. The van der Waals surface area contributed by atoms with Gasteiger partial charge in [-0.2, -0.15) is 0 Å². The molecule has 19 heavy (non-hydrogen) atoms. The van der Waals surface area contributed by atoms with E-state index < -0.39 is 18.2 Å². The van der Waals surface area contributed by atoms with Crippen molar-refractivity contribution in [3.8, 4) is 0 Å². The van der Waals surface area contributed by atoms with Gasteiger partial charge in [-0.05, 0) is 12.5 Å². The number of aliphatic hydroxyl groups is 2. The van der Waals surface area contributed by atoms with Gasteiger partial charge in [0.1, 0.15) is 6.10 Å².